The molecule has 4 amide bonds. The molecule has 210 valence electrons. The number of carbonyl (C=O) groups excluding carboxylic acids is 3. The van der Waals surface area contributed by atoms with Crippen molar-refractivity contribution in [3.05, 3.63) is 78.4 Å². The predicted octanol–water partition coefficient (Wildman–Crippen LogP) is 5.52. The predicted molar refractivity (Wildman–Crippen MR) is 153 cm³/mol. The Balaban J connectivity index is 1.77. The maximum atomic E-state index is 14.2. The number of benzene rings is 3. The van der Waals surface area contributed by atoms with Gasteiger partial charge in [-0.05, 0) is 48.4 Å². The molecule has 0 unspecified atom stereocenters. The van der Waals surface area contributed by atoms with E-state index in [-0.39, 0.29) is 5.92 Å². The Morgan fingerprint density at radius 2 is 1.50 bits per heavy atom. The summed E-state index contributed by atoms with van der Waals surface area (Å²) in [5, 5.41) is 3.44. The van der Waals surface area contributed by atoms with Crippen LogP contribution in [0.25, 0.3) is 0 Å². The van der Waals surface area contributed by atoms with E-state index in [1.54, 1.807) is 57.5 Å². The summed E-state index contributed by atoms with van der Waals surface area (Å²) < 4.78 is 16.5. The summed E-state index contributed by atoms with van der Waals surface area (Å²) in [6.07, 6.45) is 0. The molecule has 0 saturated carbocycles. The number of methoxy groups -OCH3 is 3. The van der Waals surface area contributed by atoms with Crippen molar-refractivity contribution in [1.29, 1.82) is 0 Å². The molecule has 3 aromatic rings. The summed E-state index contributed by atoms with van der Waals surface area (Å²) in [6, 6.07) is 19.2. The Bertz CT molecular complexity index is 1360. The standard InChI is InChI=1S/C31H35N3O6/c1-19(2)27-30(36)33(22-11-8-7-9-12-22)31(37)34(27)29(35)20(3)26(32-21-15-17-23(38-4)18-16-21)24-13-10-14-25(39-5)28(24)40-6/h7-20,26-27,32H,1-6H3/t20-,26+,27+/m1/s1. The first-order valence-electron chi connectivity index (χ1n) is 13.1. The maximum Gasteiger partial charge on any atom is 0.338 e. The number of imide groups is 2. The van der Waals surface area contributed by atoms with Gasteiger partial charge in [0.2, 0.25) is 5.91 Å². The van der Waals surface area contributed by atoms with Crippen LogP contribution in [0, 0.1) is 11.8 Å². The lowest BCUT2D eigenvalue weighted by Gasteiger charge is -2.31. The van der Waals surface area contributed by atoms with Gasteiger partial charge in [-0.2, -0.15) is 0 Å². The van der Waals surface area contributed by atoms with Crippen LogP contribution in [0.1, 0.15) is 32.4 Å². The number of para-hydroxylation sites is 2. The molecular weight excluding hydrogens is 510 g/mol. The fourth-order valence-corrected chi connectivity index (χ4v) is 5.05. The van der Waals surface area contributed by atoms with Gasteiger partial charge in [-0.15, -0.1) is 0 Å². The van der Waals surface area contributed by atoms with E-state index < -0.39 is 35.8 Å². The first-order chi connectivity index (χ1) is 19.2. The zero-order chi connectivity index (χ0) is 29.0. The summed E-state index contributed by atoms with van der Waals surface area (Å²) in [7, 11) is 4.67. The van der Waals surface area contributed by atoms with Crippen molar-refractivity contribution in [2.45, 2.75) is 32.9 Å². The Hall–Kier alpha value is -4.53. The van der Waals surface area contributed by atoms with E-state index in [2.05, 4.69) is 5.32 Å². The Morgan fingerprint density at radius 3 is 2.08 bits per heavy atom. The first kappa shape index (κ1) is 28.5. The number of rotatable bonds is 10. The second kappa shape index (κ2) is 12.1. The number of hydrogen-bond donors (Lipinski definition) is 1. The fourth-order valence-electron chi connectivity index (χ4n) is 5.05. The van der Waals surface area contributed by atoms with Crippen LogP contribution in [0.3, 0.4) is 0 Å². The molecule has 0 spiro atoms. The van der Waals surface area contributed by atoms with Crippen molar-refractivity contribution in [2.75, 3.05) is 31.5 Å². The highest BCUT2D eigenvalue weighted by Crippen LogP contribution is 2.41. The number of anilines is 2. The SMILES string of the molecule is COc1ccc(N[C@H](c2cccc(OC)c2OC)[C@@H](C)C(=O)N2C(=O)N(c3ccccc3)C(=O)[C@@H]2C(C)C)cc1. The summed E-state index contributed by atoms with van der Waals surface area (Å²) in [6.45, 7) is 5.39. The van der Waals surface area contributed by atoms with E-state index in [1.165, 1.54) is 7.11 Å². The minimum atomic E-state index is -0.934. The second-order valence-electron chi connectivity index (χ2n) is 9.91. The normalized spacial score (nSPS) is 16.6. The third-order valence-corrected chi connectivity index (χ3v) is 7.10. The van der Waals surface area contributed by atoms with Gasteiger partial charge in [-0.1, -0.05) is 51.1 Å². The number of nitrogens with one attached hydrogen (secondary N) is 1. The van der Waals surface area contributed by atoms with Crippen molar-refractivity contribution in [2.24, 2.45) is 11.8 Å². The summed E-state index contributed by atoms with van der Waals surface area (Å²) >= 11 is 0. The number of nitrogens with zero attached hydrogens (tertiary/aromatic N) is 2. The van der Waals surface area contributed by atoms with Crippen molar-refractivity contribution in [1.82, 2.24) is 4.90 Å². The molecule has 1 heterocycles. The van der Waals surface area contributed by atoms with Crippen LogP contribution < -0.4 is 24.4 Å². The fraction of sp³-hybridized carbons (Fsp3) is 0.323. The Kier molecular flexibility index (Phi) is 8.62. The number of ether oxygens (including phenoxy) is 3. The average Bonchev–Trinajstić information content (AvgIpc) is 3.24. The maximum absolute atomic E-state index is 14.2. The molecule has 1 saturated heterocycles. The minimum Gasteiger partial charge on any atom is -0.497 e. The second-order valence-corrected chi connectivity index (χ2v) is 9.91. The Morgan fingerprint density at radius 1 is 0.825 bits per heavy atom. The molecule has 3 aromatic carbocycles. The molecule has 9 nitrogen and oxygen atoms in total. The van der Waals surface area contributed by atoms with E-state index in [9.17, 15) is 14.4 Å². The highest BCUT2D eigenvalue weighted by atomic mass is 16.5. The molecule has 9 heteroatoms. The Labute approximate surface area is 234 Å². The molecule has 0 bridgehead atoms. The van der Waals surface area contributed by atoms with Crippen molar-refractivity contribution in [3.63, 3.8) is 0 Å². The lowest BCUT2D eigenvalue weighted by molar-refractivity contribution is -0.137. The molecule has 40 heavy (non-hydrogen) atoms. The van der Waals surface area contributed by atoms with Crippen LogP contribution in [0.4, 0.5) is 16.2 Å². The van der Waals surface area contributed by atoms with Gasteiger partial charge < -0.3 is 19.5 Å². The van der Waals surface area contributed by atoms with Gasteiger partial charge in [0.15, 0.2) is 11.5 Å². The number of hydrogen-bond acceptors (Lipinski definition) is 7. The van der Waals surface area contributed by atoms with Crippen molar-refractivity contribution in [3.8, 4) is 17.2 Å². The molecule has 0 radical (unpaired) electrons. The number of amides is 4. The molecule has 1 N–H and O–H groups in total. The van der Waals surface area contributed by atoms with Crippen LogP contribution in [-0.2, 0) is 9.59 Å². The van der Waals surface area contributed by atoms with Crippen LogP contribution >= 0.6 is 0 Å². The number of urea groups is 1. The molecule has 1 aliphatic rings. The molecule has 0 aromatic heterocycles. The average molecular weight is 546 g/mol. The monoisotopic (exact) mass is 545 g/mol. The van der Waals surface area contributed by atoms with E-state index in [1.807, 2.05) is 50.2 Å². The third-order valence-electron chi connectivity index (χ3n) is 7.10. The van der Waals surface area contributed by atoms with Gasteiger partial charge in [-0.25, -0.2) is 9.69 Å². The van der Waals surface area contributed by atoms with Gasteiger partial charge in [-0.3, -0.25) is 14.5 Å². The van der Waals surface area contributed by atoms with Gasteiger partial charge in [0.25, 0.3) is 5.91 Å². The molecular formula is C31H35N3O6. The first-order valence-corrected chi connectivity index (χ1v) is 13.1. The van der Waals surface area contributed by atoms with Gasteiger partial charge in [0, 0.05) is 11.3 Å². The smallest absolute Gasteiger partial charge is 0.338 e. The van der Waals surface area contributed by atoms with Gasteiger partial charge >= 0.3 is 6.03 Å². The van der Waals surface area contributed by atoms with E-state index in [0.29, 0.717) is 28.5 Å². The lowest BCUT2D eigenvalue weighted by Crippen LogP contribution is -2.47. The van der Waals surface area contributed by atoms with Crippen molar-refractivity contribution < 1.29 is 28.6 Å². The van der Waals surface area contributed by atoms with Gasteiger partial charge in [0.05, 0.1) is 39.0 Å². The van der Waals surface area contributed by atoms with Crippen LogP contribution in [0.5, 0.6) is 17.2 Å². The molecule has 0 aliphatic carbocycles. The minimum absolute atomic E-state index is 0.291. The molecule has 1 aliphatic heterocycles. The molecule has 1 fully saturated rings. The van der Waals surface area contributed by atoms with Crippen molar-refractivity contribution >= 4 is 29.2 Å². The highest BCUT2D eigenvalue weighted by molar-refractivity contribution is 6.25. The van der Waals surface area contributed by atoms with E-state index in [0.717, 1.165) is 15.5 Å². The summed E-state index contributed by atoms with van der Waals surface area (Å²) in [5.41, 5.74) is 1.82. The number of carbonyl (C=O) groups is 3. The largest absolute Gasteiger partial charge is 0.497 e. The lowest BCUT2D eigenvalue weighted by atomic mass is 9.90. The highest BCUT2D eigenvalue weighted by Gasteiger charge is 2.52. The quantitative estimate of drug-likeness (QED) is 0.335. The third kappa shape index (κ3) is 5.32. The summed E-state index contributed by atoms with van der Waals surface area (Å²) in [4.78, 5) is 43.7. The van der Waals surface area contributed by atoms with Crippen LogP contribution in [-0.4, -0.2) is 50.1 Å². The van der Waals surface area contributed by atoms with Gasteiger partial charge in [0.1, 0.15) is 11.8 Å². The molecule has 3 atom stereocenters. The van der Waals surface area contributed by atoms with Crippen LogP contribution in [0.15, 0.2) is 72.8 Å². The van der Waals surface area contributed by atoms with E-state index >= 15 is 0 Å². The molecule has 4 rings (SSSR count). The topological polar surface area (TPSA) is 97.4 Å². The van der Waals surface area contributed by atoms with Crippen LogP contribution in [0.2, 0.25) is 0 Å². The summed E-state index contributed by atoms with van der Waals surface area (Å²) in [5.74, 6) is -0.337. The zero-order valence-corrected chi connectivity index (χ0v) is 23.6. The zero-order valence-electron chi connectivity index (χ0n) is 23.6. The van der Waals surface area contributed by atoms with E-state index in [4.69, 9.17) is 14.2 Å².